The van der Waals surface area contributed by atoms with E-state index in [1.54, 1.807) is 30.3 Å². The molecule has 0 unspecified atom stereocenters. The van der Waals surface area contributed by atoms with E-state index in [-0.39, 0.29) is 30.1 Å². The zero-order valence-electron chi connectivity index (χ0n) is 15.4. The van der Waals surface area contributed by atoms with Gasteiger partial charge in [-0.1, -0.05) is 42.5 Å². The molecule has 28 heavy (non-hydrogen) atoms. The number of thioether (sulfide) groups is 1. The number of ether oxygens (including phenoxy) is 1. The van der Waals surface area contributed by atoms with Crippen LogP contribution in [0.4, 0.5) is 4.79 Å². The van der Waals surface area contributed by atoms with Gasteiger partial charge in [0, 0.05) is 13.1 Å². The molecule has 0 saturated carbocycles. The highest BCUT2D eigenvalue weighted by Crippen LogP contribution is 2.31. The van der Waals surface area contributed by atoms with E-state index < -0.39 is 0 Å². The third-order valence-corrected chi connectivity index (χ3v) is 4.93. The third-order valence-electron chi connectivity index (χ3n) is 4.02. The van der Waals surface area contributed by atoms with E-state index in [2.05, 4.69) is 5.32 Å². The second kappa shape index (κ2) is 9.23. The predicted octanol–water partition coefficient (Wildman–Crippen LogP) is 3.55. The molecule has 1 saturated heterocycles. The number of imide groups is 1. The van der Waals surface area contributed by atoms with Gasteiger partial charge in [0.1, 0.15) is 5.75 Å². The number of benzene rings is 2. The summed E-state index contributed by atoms with van der Waals surface area (Å²) in [7, 11) is 0. The lowest BCUT2D eigenvalue weighted by Crippen LogP contribution is -2.37. The molecular formula is C21H20N2O4S. The molecule has 1 heterocycles. The molecule has 0 atom stereocenters. The number of carbonyl (C=O) groups is 3. The Morgan fingerprint density at radius 1 is 1.11 bits per heavy atom. The Bertz CT molecular complexity index is 912. The fourth-order valence-corrected chi connectivity index (χ4v) is 3.57. The lowest BCUT2D eigenvalue weighted by molar-refractivity contribution is -0.122. The normalized spacial score (nSPS) is 15.2. The summed E-state index contributed by atoms with van der Waals surface area (Å²) in [4.78, 5) is 38.6. The van der Waals surface area contributed by atoms with Crippen LogP contribution in [0.3, 0.4) is 0 Å². The zero-order valence-corrected chi connectivity index (χ0v) is 16.2. The first-order valence-corrected chi connectivity index (χ1v) is 9.72. The van der Waals surface area contributed by atoms with Crippen molar-refractivity contribution in [2.75, 3.05) is 19.7 Å². The van der Waals surface area contributed by atoms with Crippen molar-refractivity contribution < 1.29 is 19.1 Å². The summed E-state index contributed by atoms with van der Waals surface area (Å²) < 4.78 is 5.45. The van der Waals surface area contributed by atoms with Crippen molar-refractivity contribution in [3.63, 3.8) is 0 Å². The largest absolute Gasteiger partial charge is 0.493 e. The molecule has 1 fully saturated rings. The van der Waals surface area contributed by atoms with Gasteiger partial charge in [0.05, 0.1) is 17.1 Å². The van der Waals surface area contributed by atoms with Crippen molar-refractivity contribution in [3.8, 4) is 5.75 Å². The smallest absolute Gasteiger partial charge is 0.293 e. The van der Waals surface area contributed by atoms with Crippen LogP contribution in [-0.2, 0) is 4.79 Å². The maximum absolute atomic E-state index is 12.5. The monoisotopic (exact) mass is 396 g/mol. The van der Waals surface area contributed by atoms with Gasteiger partial charge in [-0.15, -0.1) is 0 Å². The summed E-state index contributed by atoms with van der Waals surface area (Å²) in [5.74, 6) is -0.155. The van der Waals surface area contributed by atoms with Crippen molar-refractivity contribution in [1.29, 1.82) is 0 Å². The Morgan fingerprint density at radius 3 is 2.57 bits per heavy atom. The van der Waals surface area contributed by atoms with Crippen LogP contribution in [-0.4, -0.2) is 41.6 Å². The Morgan fingerprint density at radius 2 is 1.82 bits per heavy atom. The molecule has 144 valence electrons. The number of hydrogen-bond donors (Lipinski definition) is 1. The standard InChI is InChI=1S/C21H20N2O4S/c1-2-27-17-11-7-6-10-16(17)19(24)22-12-13-23-20(25)18(28-21(23)26)14-15-8-4-3-5-9-15/h3-11,14H,2,12-13H2,1H3,(H,22,24)/b18-14-. The number of hydrogen-bond acceptors (Lipinski definition) is 5. The molecule has 1 aliphatic rings. The number of carbonyl (C=O) groups excluding carboxylic acids is 3. The Balaban J connectivity index is 1.59. The predicted molar refractivity (Wildman–Crippen MR) is 109 cm³/mol. The Hall–Kier alpha value is -3.06. The van der Waals surface area contributed by atoms with Crippen molar-refractivity contribution in [2.24, 2.45) is 0 Å². The van der Waals surface area contributed by atoms with Crippen LogP contribution < -0.4 is 10.1 Å². The molecule has 7 heteroatoms. The molecule has 0 aromatic heterocycles. The van der Waals surface area contributed by atoms with Crippen LogP contribution in [0, 0.1) is 0 Å². The highest BCUT2D eigenvalue weighted by atomic mass is 32.2. The summed E-state index contributed by atoms with van der Waals surface area (Å²) in [5, 5.41) is 2.40. The summed E-state index contributed by atoms with van der Waals surface area (Å²) >= 11 is 0.907. The first kappa shape index (κ1) is 19.7. The van der Waals surface area contributed by atoms with Gasteiger partial charge in [0.25, 0.3) is 17.1 Å². The molecule has 2 aromatic carbocycles. The number of amides is 3. The van der Waals surface area contributed by atoms with Gasteiger partial charge in [-0.25, -0.2) is 0 Å². The van der Waals surface area contributed by atoms with Crippen molar-refractivity contribution in [2.45, 2.75) is 6.92 Å². The fraction of sp³-hybridized carbons (Fsp3) is 0.190. The minimum Gasteiger partial charge on any atom is -0.493 e. The van der Waals surface area contributed by atoms with E-state index in [1.807, 2.05) is 37.3 Å². The van der Waals surface area contributed by atoms with Gasteiger partial charge in [-0.2, -0.15) is 0 Å². The van der Waals surface area contributed by atoms with Crippen molar-refractivity contribution in [1.82, 2.24) is 10.2 Å². The fourth-order valence-electron chi connectivity index (χ4n) is 2.71. The van der Waals surface area contributed by atoms with Crippen LogP contribution in [0.25, 0.3) is 6.08 Å². The zero-order chi connectivity index (χ0) is 19.9. The van der Waals surface area contributed by atoms with Gasteiger partial charge in [-0.3, -0.25) is 19.3 Å². The molecule has 3 amide bonds. The summed E-state index contributed by atoms with van der Waals surface area (Å²) in [5.41, 5.74) is 1.27. The summed E-state index contributed by atoms with van der Waals surface area (Å²) in [6, 6.07) is 16.3. The number of nitrogens with one attached hydrogen (secondary N) is 1. The average Bonchev–Trinajstić information content (AvgIpc) is 2.96. The molecule has 6 nitrogen and oxygen atoms in total. The van der Waals surface area contributed by atoms with E-state index >= 15 is 0 Å². The van der Waals surface area contributed by atoms with Crippen LogP contribution in [0.15, 0.2) is 59.5 Å². The Kier molecular flexibility index (Phi) is 6.49. The molecular weight excluding hydrogens is 376 g/mol. The van der Waals surface area contributed by atoms with E-state index in [4.69, 9.17) is 4.74 Å². The minimum absolute atomic E-state index is 0.110. The van der Waals surface area contributed by atoms with Crippen LogP contribution in [0.1, 0.15) is 22.8 Å². The number of nitrogens with zero attached hydrogens (tertiary/aromatic N) is 1. The quantitative estimate of drug-likeness (QED) is 0.725. The van der Waals surface area contributed by atoms with Gasteiger partial charge >= 0.3 is 0 Å². The third kappa shape index (κ3) is 4.61. The molecule has 0 bridgehead atoms. The second-order valence-corrected chi connectivity index (χ2v) is 6.92. The highest BCUT2D eigenvalue weighted by Gasteiger charge is 2.34. The molecule has 0 aliphatic carbocycles. The molecule has 1 N–H and O–H groups in total. The van der Waals surface area contributed by atoms with Gasteiger partial charge in [0.2, 0.25) is 0 Å². The highest BCUT2D eigenvalue weighted by molar-refractivity contribution is 8.18. The number of para-hydroxylation sites is 1. The lowest BCUT2D eigenvalue weighted by atomic mass is 10.2. The average molecular weight is 396 g/mol. The van der Waals surface area contributed by atoms with Crippen LogP contribution >= 0.6 is 11.8 Å². The van der Waals surface area contributed by atoms with Gasteiger partial charge in [-0.05, 0) is 42.5 Å². The molecule has 0 radical (unpaired) electrons. The van der Waals surface area contributed by atoms with Gasteiger partial charge < -0.3 is 10.1 Å². The molecule has 3 rings (SSSR count). The lowest BCUT2D eigenvalue weighted by Gasteiger charge is -2.14. The first-order valence-electron chi connectivity index (χ1n) is 8.90. The first-order chi connectivity index (χ1) is 13.6. The van der Waals surface area contributed by atoms with Crippen molar-refractivity contribution >= 4 is 34.9 Å². The molecule has 2 aromatic rings. The summed E-state index contributed by atoms with van der Waals surface area (Å²) in [6.07, 6.45) is 1.70. The maximum atomic E-state index is 12.5. The van der Waals surface area contributed by atoms with E-state index in [0.29, 0.717) is 22.8 Å². The maximum Gasteiger partial charge on any atom is 0.293 e. The van der Waals surface area contributed by atoms with E-state index in [0.717, 1.165) is 22.2 Å². The molecule has 0 spiro atoms. The summed E-state index contributed by atoms with van der Waals surface area (Å²) in [6.45, 7) is 2.57. The van der Waals surface area contributed by atoms with E-state index in [1.165, 1.54) is 0 Å². The number of rotatable bonds is 7. The van der Waals surface area contributed by atoms with Gasteiger partial charge in [0.15, 0.2) is 0 Å². The minimum atomic E-state index is -0.345. The SMILES string of the molecule is CCOc1ccccc1C(=O)NCCN1C(=O)S/C(=C\c2ccccc2)C1=O. The van der Waals surface area contributed by atoms with E-state index in [9.17, 15) is 14.4 Å². The van der Waals surface area contributed by atoms with Crippen LogP contribution in [0.2, 0.25) is 0 Å². The topological polar surface area (TPSA) is 75.7 Å². The second-order valence-electron chi connectivity index (χ2n) is 5.93. The van der Waals surface area contributed by atoms with Crippen molar-refractivity contribution in [3.05, 3.63) is 70.6 Å². The van der Waals surface area contributed by atoms with Crippen LogP contribution in [0.5, 0.6) is 5.75 Å². The Labute approximate surface area is 167 Å². The molecule has 1 aliphatic heterocycles.